The molecule has 120 valence electrons. The van der Waals surface area contributed by atoms with Gasteiger partial charge in [-0.2, -0.15) is 0 Å². The second kappa shape index (κ2) is 6.83. The Morgan fingerprint density at radius 3 is 2.35 bits per heavy atom. The Morgan fingerprint density at radius 2 is 1.78 bits per heavy atom. The second-order valence-corrected chi connectivity index (χ2v) is 4.77. The van der Waals surface area contributed by atoms with E-state index in [9.17, 15) is 9.59 Å². The first kappa shape index (κ1) is 16.4. The van der Waals surface area contributed by atoms with Gasteiger partial charge in [0.25, 0.3) is 0 Å². The van der Waals surface area contributed by atoms with Crippen LogP contribution in [0.2, 0.25) is 0 Å². The van der Waals surface area contributed by atoms with Crippen LogP contribution in [0.3, 0.4) is 0 Å². The lowest BCUT2D eigenvalue weighted by molar-refractivity contribution is -0.129. The fraction of sp³-hybridized carbons (Fsp3) is 0.176. The van der Waals surface area contributed by atoms with Gasteiger partial charge in [0.15, 0.2) is 5.75 Å². The molecule has 0 heterocycles. The van der Waals surface area contributed by atoms with Crippen LogP contribution in [0.5, 0.6) is 11.5 Å². The molecular weight excluding hydrogens is 298 g/mol. The zero-order valence-corrected chi connectivity index (χ0v) is 13.1. The SMILES string of the molecule is C=C(C)C(=O)Oc1c(NC)cc(OC(=O)OC)c2ccccc12. The number of carbonyl (C=O) groups excluding carboxylic acids is 2. The van der Waals surface area contributed by atoms with E-state index in [0.29, 0.717) is 28.0 Å². The Hall–Kier alpha value is -3.02. The summed E-state index contributed by atoms with van der Waals surface area (Å²) in [6, 6.07) is 8.67. The highest BCUT2D eigenvalue weighted by Crippen LogP contribution is 2.40. The molecule has 2 rings (SSSR count). The number of anilines is 1. The summed E-state index contributed by atoms with van der Waals surface area (Å²) in [5.74, 6) is 0.105. The van der Waals surface area contributed by atoms with Crippen molar-refractivity contribution in [2.45, 2.75) is 6.92 Å². The minimum absolute atomic E-state index is 0.283. The van der Waals surface area contributed by atoms with Crippen molar-refractivity contribution in [3.8, 4) is 11.5 Å². The van der Waals surface area contributed by atoms with Crippen LogP contribution < -0.4 is 14.8 Å². The van der Waals surface area contributed by atoms with Gasteiger partial charge < -0.3 is 19.5 Å². The Kier molecular flexibility index (Phi) is 4.85. The number of hydrogen-bond acceptors (Lipinski definition) is 6. The number of nitrogens with one attached hydrogen (secondary N) is 1. The van der Waals surface area contributed by atoms with Crippen molar-refractivity contribution in [2.24, 2.45) is 0 Å². The van der Waals surface area contributed by atoms with E-state index in [2.05, 4.69) is 16.6 Å². The molecule has 2 aromatic carbocycles. The zero-order chi connectivity index (χ0) is 17.0. The third kappa shape index (κ3) is 3.42. The van der Waals surface area contributed by atoms with Gasteiger partial charge >= 0.3 is 12.1 Å². The van der Waals surface area contributed by atoms with E-state index in [4.69, 9.17) is 9.47 Å². The molecule has 0 radical (unpaired) electrons. The summed E-state index contributed by atoms with van der Waals surface area (Å²) in [5, 5.41) is 4.16. The third-order valence-electron chi connectivity index (χ3n) is 3.13. The van der Waals surface area contributed by atoms with E-state index in [0.717, 1.165) is 0 Å². The molecule has 0 aromatic heterocycles. The maximum atomic E-state index is 11.9. The predicted molar refractivity (Wildman–Crippen MR) is 87.0 cm³/mol. The van der Waals surface area contributed by atoms with Crippen LogP contribution in [0, 0.1) is 0 Å². The lowest BCUT2D eigenvalue weighted by Gasteiger charge is -2.15. The van der Waals surface area contributed by atoms with Gasteiger partial charge in [-0.1, -0.05) is 30.8 Å². The maximum absolute atomic E-state index is 11.9. The number of methoxy groups -OCH3 is 1. The van der Waals surface area contributed by atoms with E-state index in [1.165, 1.54) is 7.11 Å². The smallest absolute Gasteiger partial charge is 0.437 e. The summed E-state index contributed by atoms with van der Waals surface area (Å²) < 4.78 is 15.1. The first-order valence-corrected chi connectivity index (χ1v) is 6.85. The highest BCUT2D eigenvalue weighted by Gasteiger charge is 2.18. The lowest BCUT2D eigenvalue weighted by atomic mass is 10.1. The van der Waals surface area contributed by atoms with E-state index in [1.807, 2.05) is 0 Å². The average molecular weight is 315 g/mol. The Bertz CT molecular complexity index is 782. The van der Waals surface area contributed by atoms with Crippen molar-refractivity contribution in [1.29, 1.82) is 0 Å². The van der Waals surface area contributed by atoms with Crippen molar-refractivity contribution >= 4 is 28.6 Å². The number of rotatable bonds is 4. The van der Waals surface area contributed by atoms with Gasteiger partial charge in [-0.3, -0.25) is 0 Å². The van der Waals surface area contributed by atoms with Gasteiger partial charge in [-0.25, -0.2) is 9.59 Å². The predicted octanol–water partition coefficient (Wildman–Crippen LogP) is 3.51. The average Bonchev–Trinajstić information content (AvgIpc) is 2.56. The summed E-state index contributed by atoms with van der Waals surface area (Å²) in [6.45, 7) is 5.14. The lowest BCUT2D eigenvalue weighted by Crippen LogP contribution is -2.11. The summed E-state index contributed by atoms with van der Waals surface area (Å²) in [7, 11) is 2.90. The van der Waals surface area contributed by atoms with Crippen LogP contribution in [0.25, 0.3) is 10.8 Å². The van der Waals surface area contributed by atoms with Crippen LogP contribution in [0.1, 0.15) is 6.92 Å². The first-order valence-electron chi connectivity index (χ1n) is 6.85. The van der Waals surface area contributed by atoms with Gasteiger partial charge in [0.05, 0.1) is 12.8 Å². The number of ether oxygens (including phenoxy) is 3. The van der Waals surface area contributed by atoms with Crippen molar-refractivity contribution in [3.05, 3.63) is 42.5 Å². The van der Waals surface area contributed by atoms with Crippen molar-refractivity contribution in [1.82, 2.24) is 0 Å². The molecule has 0 amide bonds. The van der Waals surface area contributed by atoms with Crippen LogP contribution >= 0.6 is 0 Å². The van der Waals surface area contributed by atoms with E-state index in [-0.39, 0.29) is 5.57 Å². The van der Waals surface area contributed by atoms with Crippen molar-refractivity contribution in [2.75, 3.05) is 19.5 Å². The largest absolute Gasteiger partial charge is 0.513 e. The number of carbonyl (C=O) groups is 2. The van der Waals surface area contributed by atoms with E-state index >= 15 is 0 Å². The normalized spacial score (nSPS) is 10.0. The Morgan fingerprint density at radius 1 is 1.13 bits per heavy atom. The fourth-order valence-electron chi connectivity index (χ4n) is 2.01. The summed E-state index contributed by atoms with van der Waals surface area (Å²) in [5.41, 5.74) is 0.781. The summed E-state index contributed by atoms with van der Waals surface area (Å²) >= 11 is 0. The molecule has 0 saturated heterocycles. The monoisotopic (exact) mass is 315 g/mol. The highest BCUT2D eigenvalue weighted by molar-refractivity contribution is 6.01. The highest BCUT2D eigenvalue weighted by atomic mass is 16.7. The molecule has 0 aliphatic heterocycles. The fourth-order valence-corrected chi connectivity index (χ4v) is 2.01. The molecule has 0 atom stereocenters. The number of esters is 1. The molecule has 0 fully saturated rings. The van der Waals surface area contributed by atoms with Crippen LogP contribution in [0.15, 0.2) is 42.5 Å². The molecule has 2 aromatic rings. The van der Waals surface area contributed by atoms with Crippen molar-refractivity contribution < 1.29 is 23.8 Å². The Balaban J connectivity index is 2.63. The topological polar surface area (TPSA) is 73.9 Å². The minimum Gasteiger partial charge on any atom is -0.437 e. The Labute approximate surface area is 133 Å². The van der Waals surface area contributed by atoms with E-state index < -0.39 is 12.1 Å². The molecule has 6 heteroatoms. The summed E-state index contributed by atoms with van der Waals surface area (Å²) in [6.07, 6.45) is -0.830. The molecule has 0 saturated carbocycles. The quantitative estimate of drug-likeness (QED) is 0.403. The molecule has 23 heavy (non-hydrogen) atoms. The minimum atomic E-state index is -0.830. The second-order valence-electron chi connectivity index (χ2n) is 4.77. The molecule has 0 unspecified atom stereocenters. The third-order valence-corrected chi connectivity index (χ3v) is 3.13. The summed E-state index contributed by atoms with van der Waals surface area (Å²) in [4.78, 5) is 23.3. The molecule has 0 spiro atoms. The van der Waals surface area contributed by atoms with Gasteiger partial charge in [-0.05, 0) is 6.92 Å². The van der Waals surface area contributed by atoms with Gasteiger partial charge in [-0.15, -0.1) is 0 Å². The number of fused-ring (bicyclic) bond motifs is 1. The molecule has 0 bridgehead atoms. The van der Waals surface area contributed by atoms with Crippen LogP contribution in [-0.2, 0) is 9.53 Å². The number of benzene rings is 2. The molecule has 1 N–H and O–H groups in total. The standard InChI is InChI=1S/C17H17NO5/c1-10(2)16(19)23-15-12-8-6-5-7-11(12)14(9-13(15)18-3)22-17(20)21-4/h5-9,18H,1H2,2-4H3. The molecule has 6 nitrogen and oxygen atoms in total. The molecule has 0 aliphatic carbocycles. The zero-order valence-electron chi connectivity index (χ0n) is 13.1. The van der Waals surface area contributed by atoms with Crippen LogP contribution in [0.4, 0.5) is 10.5 Å². The van der Waals surface area contributed by atoms with Gasteiger partial charge in [0, 0.05) is 29.5 Å². The van der Waals surface area contributed by atoms with Gasteiger partial charge in [0.1, 0.15) is 5.75 Å². The van der Waals surface area contributed by atoms with Gasteiger partial charge in [0.2, 0.25) is 0 Å². The van der Waals surface area contributed by atoms with E-state index in [1.54, 1.807) is 44.3 Å². The van der Waals surface area contributed by atoms with Crippen LogP contribution in [-0.4, -0.2) is 26.3 Å². The molecule has 0 aliphatic rings. The number of hydrogen-bond donors (Lipinski definition) is 1. The molecular formula is C17H17NO5. The van der Waals surface area contributed by atoms with Crippen molar-refractivity contribution in [3.63, 3.8) is 0 Å². The maximum Gasteiger partial charge on any atom is 0.513 e. The first-order chi connectivity index (χ1) is 11.0.